The molecule has 166 valence electrons. The number of likely N-dealkylation sites (tertiary alicyclic amines) is 1. The molecule has 0 radical (unpaired) electrons. The molecule has 1 aliphatic carbocycles. The second-order valence-corrected chi connectivity index (χ2v) is 8.84. The average Bonchev–Trinajstić information content (AvgIpc) is 3.40. The molecule has 33 heavy (non-hydrogen) atoms. The molecule has 7 heteroatoms. The summed E-state index contributed by atoms with van der Waals surface area (Å²) < 4.78 is 5.79. The first kappa shape index (κ1) is 19.8. The summed E-state index contributed by atoms with van der Waals surface area (Å²) in [4.78, 5) is 32.5. The normalized spacial score (nSPS) is 18.2. The maximum Gasteiger partial charge on any atom is 0.258 e. The summed E-state index contributed by atoms with van der Waals surface area (Å²) in [5.74, 6) is 0.548. The number of carbonyl (C=O) groups excluding carboxylic acids is 2. The predicted molar refractivity (Wildman–Crippen MR) is 124 cm³/mol. The molecule has 1 saturated heterocycles. The van der Waals surface area contributed by atoms with Crippen LogP contribution in [0.25, 0.3) is 21.9 Å². The SMILES string of the molecule is O=C(Nc1ccc2oc(C3CC3)nc2c1)C1CCCN1C(=O)c1ccc2ccccc2c1O. The van der Waals surface area contributed by atoms with Crippen LogP contribution in [0.4, 0.5) is 5.69 Å². The van der Waals surface area contributed by atoms with E-state index in [-0.39, 0.29) is 23.1 Å². The molecule has 1 aromatic heterocycles. The van der Waals surface area contributed by atoms with Gasteiger partial charge in [0.1, 0.15) is 17.3 Å². The molecule has 3 aromatic carbocycles. The van der Waals surface area contributed by atoms with E-state index in [4.69, 9.17) is 4.42 Å². The molecule has 2 aliphatic rings. The van der Waals surface area contributed by atoms with E-state index in [1.165, 1.54) is 0 Å². The van der Waals surface area contributed by atoms with Crippen molar-refractivity contribution < 1.29 is 19.1 Å². The van der Waals surface area contributed by atoms with Gasteiger partial charge < -0.3 is 19.7 Å². The Balaban J connectivity index is 1.23. The zero-order valence-corrected chi connectivity index (χ0v) is 18.0. The number of aromatic hydroxyl groups is 1. The molecular weight excluding hydrogens is 418 g/mol. The standard InChI is InChI=1S/C26H23N3O4/c30-23-18-5-2-1-4-15(18)9-11-19(23)26(32)29-13-3-6-21(29)24(31)27-17-10-12-22-20(14-17)28-25(33-22)16-7-8-16/h1-2,4-5,9-12,14,16,21,30H,3,6-8,13H2,(H,27,31). The molecule has 2 fully saturated rings. The van der Waals surface area contributed by atoms with Crippen molar-refractivity contribution in [2.24, 2.45) is 0 Å². The van der Waals surface area contributed by atoms with Crippen LogP contribution in [0.3, 0.4) is 0 Å². The smallest absolute Gasteiger partial charge is 0.258 e. The molecule has 1 aliphatic heterocycles. The van der Waals surface area contributed by atoms with Gasteiger partial charge in [0.25, 0.3) is 5.91 Å². The highest BCUT2D eigenvalue weighted by Crippen LogP contribution is 2.40. The molecule has 2 heterocycles. The number of amides is 2. The largest absolute Gasteiger partial charge is 0.506 e. The van der Waals surface area contributed by atoms with E-state index in [0.717, 1.165) is 36.1 Å². The van der Waals surface area contributed by atoms with Crippen LogP contribution in [-0.2, 0) is 4.79 Å². The summed E-state index contributed by atoms with van der Waals surface area (Å²) in [7, 11) is 0. The molecule has 0 bridgehead atoms. The van der Waals surface area contributed by atoms with Crippen molar-refractivity contribution >= 4 is 39.4 Å². The lowest BCUT2D eigenvalue weighted by Crippen LogP contribution is -2.43. The quantitative estimate of drug-likeness (QED) is 0.474. The monoisotopic (exact) mass is 441 g/mol. The molecule has 4 aromatic rings. The highest BCUT2D eigenvalue weighted by Gasteiger charge is 2.36. The van der Waals surface area contributed by atoms with Crippen molar-refractivity contribution in [1.29, 1.82) is 0 Å². The number of rotatable bonds is 4. The maximum atomic E-state index is 13.3. The second kappa shape index (κ2) is 7.62. The Labute approximate surface area is 190 Å². The van der Waals surface area contributed by atoms with Gasteiger partial charge in [-0.25, -0.2) is 4.98 Å². The number of nitrogens with one attached hydrogen (secondary N) is 1. The van der Waals surface area contributed by atoms with Crippen LogP contribution in [0.1, 0.15) is 47.8 Å². The van der Waals surface area contributed by atoms with Gasteiger partial charge in [-0.2, -0.15) is 0 Å². The van der Waals surface area contributed by atoms with Crippen LogP contribution in [-0.4, -0.2) is 39.4 Å². The average molecular weight is 441 g/mol. The Hall–Kier alpha value is -3.87. The molecule has 2 N–H and O–H groups in total. The fourth-order valence-corrected chi connectivity index (χ4v) is 4.62. The fourth-order valence-electron chi connectivity index (χ4n) is 4.62. The second-order valence-electron chi connectivity index (χ2n) is 8.84. The van der Waals surface area contributed by atoms with E-state index in [0.29, 0.717) is 35.5 Å². The molecule has 7 nitrogen and oxygen atoms in total. The number of hydrogen-bond donors (Lipinski definition) is 2. The molecule has 1 saturated carbocycles. The summed E-state index contributed by atoms with van der Waals surface area (Å²) in [6, 6.07) is 15.6. The molecule has 1 unspecified atom stereocenters. The van der Waals surface area contributed by atoms with Gasteiger partial charge in [-0.15, -0.1) is 0 Å². The number of phenolic OH excluding ortho intramolecular Hbond substituents is 1. The third-order valence-electron chi connectivity index (χ3n) is 6.55. The number of anilines is 1. The van der Waals surface area contributed by atoms with Gasteiger partial charge in [0.2, 0.25) is 5.91 Å². The van der Waals surface area contributed by atoms with Gasteiger partial charge in [0.05, 0.1) is 5.56 Å². The van der Waals surface area contributed by atoms with Gasteiger partial charge in [0.15, 0.2) is 11.5 Å². The first-order chi connectivity index (χ1) is 16.1. The Bertz CT molecular complexity index is 1410. The molecule has 2 amide bonds. The Morgan fingerprint density at radius 1 is 1.06 bits per heavy atom. The lowest BCUT2D eigenvalue weighted by Gasteiger charge is -2.24. The van der Waals surface area contributed by atoms with Gasteiger partial charge in [-0.05, 0) is 55.3 Å². The molecule has 6 rings (SSSR count). The zero-order chi connectivity index (χ0) is 22.5. The number of phenols is 1. The van der Waals surface area contributed by atoms with Crippen molar-refractivity contribution in [3.63, 3.8) is 0 Å². The Kier molecular flexibility index (Phi) is 4.57. The van der Waals surface area contributed by atoms with E-state index >= 15 is 0 Å². The zero-order valence-electron chi connectivity index (χ0n) is 18.0. The first-order valence-electron chi connectivity index (χ1n) is 11.3. The molecular formula is C26H23N3O4. The third kappa shape index (κ3) is 3.50. The lowest BCUT2D eigenvalue weighted by atomic mass is 10.0. The number of carbonyl (C=O) groups is 2. The van der Waals surface area contributed by atoms with Gasteiger partial charge in [-0.3, -0.25) is 9.59 Å². The van der Waals surface area contributed by atoms with Crippen molar-refractivity contribution in [3.8, 4) is 5.75 Å². The molecule has 1 atom stereocenters. The van der Waals surface area contributed by atoms with E-state index in [1.54, 1.807) is 29.2 Å². The number of aromatic nitrogens is 1. The van der Waals surface area contributed by atoms with E-state index < -0.39 is 6.04 Å². The minimum absolute atomic E-state index is 0.0490. The van der Waals surface area contributed by atoms with Crippen molar-refractivity contribution in [2.45, 2.75) is 37.6 Å². The van der Waals surface area contributed by atoms with Gasteiger partial charge in [-0.1, -0.05) is 30.3 Å². The van der Waals surface area contributed by atoms with Crippen molar-refractivity contribution in [3.05, 3.63) is 66.1 Å². The van der Waals surface area contributed by atoms with Crippen LogP contribution in [0, 0.1) is 0 Å². The Morgan fingerprint density at radius 3 is 2.76 bits per heavy atom. The summed E-state index contributed by atoms with van der Waals surface area (Å²) >= 11 is 0. The highest BCUT2D eigenvalue weighted by atomic mass is 16.3. The van der Waals surface area contributed by atoms with Crippen molar-refractivity contribution in [1.82, 2.24) is 9.88 Å². The van der Waals surface area contributed by atoms with Crippen LogP contribution in [0.15, 0.2) is 59.0 Å². The number of benzene rings is 3. The summed E-state index contributed by atoms with van der Waals surface area (Å²) in [5.41, 5.74) is 2.26. The van der Waals surface area contributed by atoms with E-state index in [2.05, 4.69) is 10.3 Å². The predicted octanol–water partition coefficient (Wildman–Crippen LogP) is 4.81. The third-order valence-corrected chi connectivity index (χ3v) is 6.55. The van der Waals surface area contributed by atoms with Crippen molar-refractivity contribution in [2.75, 3.05) is 11.9 Å². The van der Waals surface area contributed by atoms with E-state index in [1.807, 2.05) is 30.3 Å². The number of fused-ring (bicyclic) bond motifs is 2. The van der Waals surface area contributed by atoms with E-state index in [9.17, 15) is 14.7 Å². The summed E-state index contributed by atoms with van der Waals surface area (Å²) in [5, 5.41) is 15.1. The maximum absolute atomic E-state index is 13.3. The van der Waals surface area contributed by atoms with Gasteiger partial charge >= 0.3 is 0 Å². The summed E-state index contributed by atoms with van der Waals surface area (Å²) in [6.45, 7) is 0.469. The van der Waals surface area contributed by atoms with Crippen LogP contribution >= 0.6 is 0 Å². The Morgan fingerprint density at radius 2 is 1.91 bits per heavy atom. The van der Waals surface area contributed by atoms with Crippen LogP contribution < -0.4 is 5.32 Å². The molecule has 0 spiro atoms. The lowest BCUT2D eigenvalue weighted by molar-refractivity contribution is -0.119. The van der Waals surface area contributed by atoms with Crippen LogP contribution in [0.5, 0.6) is 5.75 Å². The number of nitrogens with zero attached hydrogens (tertiary/aromatic N) is 2. The van der Waals surface area contributed by atoms with Gasteiger partial charge in [0, 0.05) is 23.5 Å². The van der Waals surface area contributed by atoms with Crippen LogP contribution in [0.2, 0.25) is 0 Å². The number of oxazole rings is 1. The number of hydrogen-bond acceptors (Lipinski definition) is 5. The first-order valence-corrected chi connectivity index (χ1v) is 11.3. The minimum Gasteiger partial charge on any atom is -0.506 e. The topological polar surface area (TPSA) is 95.7 Å². The fraction of sp³-hybridized carbons (Fsp3) is 0.269. The minimum atomic E-state index is -0.599. The summed E-state index contributed by atoms with van der Waals surface area (Å²) in [6.07, 6.45) is 3.51. The highest BCUT2D eigenvalue weighted by molar-refractivity contribution is 6.06.